The second-order valence-corrected chi connectivity index (χ2v) is 9.51. The van der Waals surface area contributed by atoms with Crippen molar-refractivity contribution in [3.8, 4) is 11.1 Å². The summed E-state index contributed by atoms with van der Waals surface area (Å²) in [5, 5.41) is 3.07. The Morgan fingerprint density at radius 3 is 2.24 bits per heavy atom. The average Bonchev–Trinajstić information content (AvgIpc) is 2.90. The molecule has 0 unspecified atom stereocenters. The van der Waals surface area contributed by atoms with Gasteiger partial charge < -0.3 is 15.0 Å². The van der Waals surface area contributed by atoms with Crippen molar-refractivity contribution in [3.63, 3.8) is 0 Å². The number of sulfone groups is 1. The van der Waals surface area contributed by atoms with Crippen LogP contribution < -0.4 is 5.32 Å². The first-order valence-corrected chi connectivity index (χ1v) is 14.2. The second-order valence-electron chi connectivity index (χ2n) is 7.50. The maximum Gasteiger partial charge on any atom is 0.254 e. The summed E-state index contributed by atoms with van der Waals surface area (Å²) in [6.45, 7) is 7.27. The Kier molecular flexibility index (Phi) is 16.7. The van der Waals surface area contributed by atoms with E-state index in [0.29, 0.717) is 17.7 Å². The van der Waals surface area contributed by atoms with Crippen LogP contribution in [0.1, 0.15) is 31.1 Å². The van der Waals surface area contributed by atoms with E-state index in [1.54, 1.807) is 32.4 Å². The van der Waals surface area contributed by atoms with Crippen LogP contribution in [-0.2, 0) is 14.6 Å². The molecule has 0 saturated heterocycles. The standard InChI is InChI=1S/C17H18FNO3S.C10H17NO.CH3Cl/c1-4-19(2)17(20)16-11-14(23(3,21)22)9-10-15(16)12-5-7-13(18)8-6-12;1-4-7-10(12-3)8-6-9-11-5-2;1-2/h5-11H,4H2,1-3H3;4,6-9,11H,5H2,1-3H3;1H3/b;7-4-,9-6+,10-8+;. The summed E-state index contributed by atoms with van der Waals surface area (Å²) in [7, 11) is -0.125. The van der Waals surface area contributed by atoms with Crippen LogP contribution in [0, 0.1) is 5.82 Å². The molecule has 2 aromatic rings. The van der Waals surface area contributed by atoms with Gasteiger partial charge in [-0.15, -0.1) is 11.6 Å². The van der Waals surface area contributed by atoms with E-state index in [2.05, 4.69) is 23.8 Å². The minimum absolute atomic E-state index is 0.0798. The predicted octanol–water partition coefficient (Wildman–Crippen LogP) is 6.06. The number of hydrogen-bond acceptors (Lipinski definition) is 5. The molecule has 204 valence electrons. The summed E-state index contributed by atoms with van der Waals surface area (Å²) in [6, 6.07) is 10.1. The number of halogens is 2. The zero-order valence-electron chi connectivity index (χ0n) is 22.6. The van der Waals surface area contributed by atoms with E-state index in [4.69, 9.17) is 4.74 Å². The number of methoxy groups -OCH3 is 1. The molecule has 6 nitrogen and oxygen atoms in total. The summed E-state index contributed by atoms with van der Waals surface area (Å²) in [5.41, 5.74) is 1.51. The van der Waals surface area contributed by atoms with E-state index >= 15 is 0 Å². The smallest absolute Gasteiger partial charge is 0.254 e. The molecule has 0 saturated carbocycles. The van der Waals surface area contributed by atoms with Crippen molar-refractivity contribution in [2.75, 3.05) is 39.9 Å². The lowest BCUT2D eigenvalue weighted by Gasteiger charge is -2.18. The first kappa shape index (κ1) is 33.9. The number of carbonyl (C=O) groups is 1. The van der Waals surface area contributed by atoms with Gasteiger partial charge in [0.15, 0.2) is 9.84 Å². The Bertz CT molecular complexity index is 1160. The van der Waals surface area contributed by atoms with E-state index in [-0.39, 0.29) is 22.2 Å². The number of allylic oxidation sites excluding steroid dienone is 4. The van der Waals surface area contributed by atoms with E-state index in [9.17, 15) is 17.6 Å². The molecule has 0 fully saturated rings. The summed E-state index contributed by atoms with van der Waals surface area (Å²) < 4.78 is 41.7. The third kappa shape index (κ3) is 12.1. The number of nitrogens with one attached hydrogen (secondary N) is 1. The first-order valence-electron chi connectivity index (χ1n) is 11.6. The molecule has 1 N–H and O–H groups in total. The quantitative estimate of drug-likeness (QED) is 0.232. The van der Waals surface area contributed by atoms with Crippen LogP contribution in [0.5, 0.6) is 0 Å². The van der Waals surface area contributed by atoms with Crippen LogP contribution in [0.3, 0.4) is 0 Å². The molecular weight excluding hydrogens is 515 g/mol. The number of hydrogen-bond donors (Lipinski definition) is 1. The number of rotatable bonds is 9. The zero-order valence-corrected chi connectivity index (χ0v) is 24.2. The van der Waals surface area contributed by atoms with E-state index in [1.165, 1.54) is 35.5 Å². The number of carbonyl (C=O) groups excluding carboxylic acids is 1. The van der Waals surface area contributed by atoms with Gasteiger partial charge in [0.05, 0.1) is 12.0 Å². The lowest BCUT2D eigenvalue weighted by Crippen LogP contribution is -2.27. The van der Waals surface area contributed by atoms with Crippen molar-refractivity contribution in [1.29, 1.82) is 0 Å². The minimum atomic E-state index is -3.43. The molecule has 37 heavy (non-hydrogen) atoms. The molecule has 0 atom stereocenters. The number of amides is 1. The molecule has 9 heteroatoms. The van der Waals surface area contributed by atoms with E-state index in [1.807, 2.05) is 44.4 Å². The largest absolute Gasteiger partial charge is 0.497 e. The fourth-order valence-electron chi connectivity index (χ4n) is 2.85. The molecular formula is C28H38ClFN2O4S. The Hall–Kier alpha value is -3.10. The number of ether oxygens (including phenoxy) is 1. The molecule has 0 spiro atoms. The summed E-state index contributed by atoms with van der Waals surface area (Å²) in [6.07, 6.45) is 12.1. The van der Waals surface area contributed by atoms with E-state index in [0.717, 1.165) is 18.6 Å². The highest BCUT2D eigenvalue weighted by atomic mass is 35.5. The fraction of sp³-hybridized carbons (Fsp3) is 0.321. The van der Waals surface area contributed by atoms with Gasteiger partial charge in [0.25, 0.3) is 5.91 Å². The molecule has 0 aliphatic heterocycles. The molecule has 0 aromatic heterocycles. The molecule has 0 aliphatic carbocycles. The highest BCUT2D eigenvalue weighted by molar-refractivity contribution is 7.90. The monoisotopic (exact) mass is 552 g/mol. The van der Waals surface area contributed by atoms with Crippen LogP contribution in [0.4, 0.5) is 4.39 Å². The molecule has 0 heterocycles. The highest BCUT2D eigenvalue weighted by Gasteiger charge is 2.19. The van der Waals surface area contributed by atoms with Crippen molar-refractivity contribution in [2.24, 2.45) is 0 Å². The van der Waals surface area contributed by atoms with Gasteiger partial charge in [0, 0.05) is 38.3 Å². The van der Waals surface area contributed by atoms with Crippen LogP contribution in [-0.4, -0.2) is 59.1 Å². The molecule has 0 aliphatic rings. The van der Waals surface area contributed by atoms with Gasteiger partial charge in [-0.3, -0.25) is 4.79 Å². The van der Waals surface area contributed by atoms with Crippen LogP contribution in [0.15, 0.2) is 83.6 Å². The average molecular weight is 553 g/mol. The molecule has 1 amide bonds. The zero-order chi connectivity index (χ0) is 28.4. The predicted molar refractivity (Wildman–Crippen MR) is 152 cm³/mol. The third-order valence-electron chi connectivity index (χ3n) is 4.87. The molecule has 2 aromatic carbocycles. The fourth-order valence-corrected chi connectivity index (χ4v) is 3.49. The second kappa shape index (κ2) is 18.2. The van der Waals surface area contributed by atoms with Crippen molar-refractivity contribution in [3.05, 3.63) is 90.1 Å². The lowest BCUT2D eigenvalue weighted by molar-refractivity contribution is 0.0803. The topological polar surface area (TPSA) is 75.7 Å². The maximum absolute atomic E-state index is 13.1. The summed E-state index contributed by atoms with van der Waals surface area (Å²) in [4.78, 5) is 14.1. The van der Waals surface area contributed by atoms with Crippen molar-refractivity contribution >= 4 is 27.3 Å². The van der Waals surface area contributed by atoms with Gasteiger partial charge in [0.1, 0.15) is 11.6 Å². The van der Waals surface area contributed by atoms with Crippen LogP contribution >= 0.6 is 11.6 Å². The summed E-state index contributed by atoms with van der Waals surface area (Å²) in [5.74, 6) is 0.198. The molecule has 0 radical (unpaired) electrons. The number of nitrogens with zero attached hydrogens (tertiary/aromatic N) is 1. The van der Waals surface area contributed by atoms with Gasteiger partial charge in [0.2, 0.25) is 0 Å². The van der Waals surface area contributed by atoms with Gasteiger partial charge in [-0.2, -0.15) is 0 Å². The molecule has 0 bridgehead atoms. The van der Waals surface area contributed by atoms with E-state index < -0.39 is 9.84 Å². The molecule has 2 rings (SSSR count). The Balaban J connectivity index is 0.000000786. The maximum atomic E-state index is 13.1. The van der Waals surface area contributed by atoms with Gasteiger partial charge in [-0.1, -0.05) is 24.3 Å². The van der Waals surface area contributed by atoms with Crippen molar-refractivity contribution < 1.29 is 22.3 Å². The minimum Gasteiger partial charge on any atom is -0.497 e. The van der Waals surface area contributed by atoms with Crippen LogP contribution in [0.2, 0.25) is 0 Å². The Morgan fingerprint density at radius 1 is 1.14 bits per heavy atom. The van der Waals surface area contributed by atoms with Crippen LogP contribution in [0.25, 0.3) is 11.1 Å². The SMILES string of the molecule is CCN(C)C(=O)c1cc(S(C)(=O)=O)ccc1-c1ccc(F)cc1.CCl.C\C=C/C(=C\C=C\NCC)OC. The van der Waals surface area contributed by atoms with Crippen molar-refractivity contribution in [1.82, 2.24) is 10.2 Å². The number of benzene rings is 2. The number of alkyl halides is 1. The summed E-state index contributed by atoms with van der Waals surface area (Å²) >= 11 is 4.64. The first-order chi connectivity index (χ1) is 17.6. The Labute approximate surface area is 226 Å². The lowest BCUT2D eigenvalue weighted by atomic mass is 9.99. The van der Waals surface area contributed by atoms with Gasteiger partial charge in [-0.05, 0) is 80.6 Å². The third-order valence-corrected chi connectivity index (χ3v) is 5.98. The normalized spacial score (nSPS) is 11.3. The highest BCUT2D eigenvalue weighted by Crippen LogP contribution is 2.27. The Morgan fingerprint density at radius 2 is 1.76 bits per heavy atom. The van der Waals surface area contributed by atoms with Crippen molar-refractivity contribution in [2.45, 2.75) is 25.7 Å². The van der Waals surface area contributed by atoms with Gasteiger partial charge >= 0.3 is 0 Å². The van der Waals surface area contributed by atoms with Gasteiger partial charge in [-0.25, -0.2) is 12.8 Å².